The Kier molecular flexibility index (Phi) is 4.04. The van der Waals surface area contributed by atoms with Crippen molar-refractivity contribution in [3.63, 3.8) is 0 Å². The highest BCUT2D eigenvalue weighted by Gasteiger charge is 2.21. The Morgan fingerprint density at radius 3 is 2.78 bits per heavy atom. The average molecular weight is 248 g/mol. The lowest BCUT2D eigenvalue weighted by Gasteiger charge is -2.13. The maximum absolute atomic E-state index is 5.81. The molecular weight excluding hydrogens is 224 g/mol. The lowest BCUT2D eigenvalue weighted by atomic mass is 10.1. The molecule has 0 saturated heterocycles. The van der Waals surface area contributed by atoms with Gasteiger partial charge in [-0.05, 0) is 24.7 Å². The summed E-state index contributed by atoms with van der Waals surface area (Å²) in [6.45, 7) is 7.49. The maximum atomic E-state index is 5.81. The van der Waals surface area contributed by atoms with Crippen LogP contribution in [0.3, 0.4) is 0 Å². The van der Waals surface area contributed by atoms with E-state index in [2.05, 4.69) is 36.1 Å². The predicted molar refractivity (Wildman–Crippen MR) is 75.5 cm³/mol. The van der Waals surface area contributed by atoms with Gasteiger partial charge in [-0.1, -0.05) is 27.2 Å². The number of nitrogen functional groups attached to an aromatic ring is 1. The van der Waals surface area contributed by atoms with Gasteiger partial charge in [-0.15, -0.1) is 0 Å². The first-order chi connectivity index (χ1) is 8.54. The molecule has 1 aliphatic carbocycles. The Morgan fingerprint density at radius 2 is 2.17 bits per heavy atom. The van der Waals surface area contributed by atoms with Crippen LogP contribution < -0.4 is 11.1 Å². The van der Waals surface area contributed by atoms with Gasteiger partial charge in [-0.2, -0.15) is 0 Å². The number of nitrogens with zero attached hydrogens (tertiary/aromatic N) is 2. The molecule has 2 atom stereocenters. The van der Waals surface area contributed by atoms with Crippen molar-refractivity contribution >= 4 is 11.6 Å². The molecule has 18 heavy (non-hydrogen) atoms. The second kappa shape index (κ2) is 5.55. The van der Waals surface area contributed by atoms with Crippen LogP contribution in [0.25, 0.3) is 0 Å². The molecule has 0 bridgehead atoms. The number of aromatic nitrogens is 2. The highest BCUT2D eigenvalue weighted by molar-refractivity contribution is 5.44. The molecule has 1 fully saturated rings. The van der Waals surface area contributed by atoms with E-state index in [1.165, 1.54) is 19.3 Å². The van der Waals surface area contributed by atoms with E-state index >= 15 is 0 Å². The molecule has 4 heteroatoms. The summed E-state index contributed by atoms with van der Waals surface area (Å²) in [6.07, 6.45) is 4.01. The van der Waals surface area contributed by atoms with Crippen LogP contribution in [0.2, 0.25) is 0 Å². The number of hydrogen-bond acceptors (Lipinski definition) is 4. The quantitative estimate of drug-likeness (QED) is 0.859. The van der Waals surface area contributed by atoms with Crippen LogP contribution in [0, 0.1) is 11.8 Å². The van der Waals surface area contributed by atoms with Crippen LogP contribution >= 0.6 is 0 Å². The molecule has 1 heterocycles. The Hall–Kier alpha value is -1.32. The number of nitrogens with two attached hydrogens (primary N) is 1. The zero-order valence-corrected chi connectivity index (χ0v) is 11.6. The molecule has 0 spiro atoms. The molecular formula is C14H24N4. The van der Waals surface area contributed by atoms with E-state index in [-0.39, 0.29) is 0 Å². The molecule has 1 aliphatic rings. The highest BCUT2D eigenvalue weighted by Crippen LogP contribution is 2.30. The van der Waals surface area contributed by atoms with Gasteiger partial charge >= 0.3 is 0 Å². The average Bonchev–Trinajstić information content (AvgIpc) is 2.72. The van der Waals surface area contributed by atoms with Crippen LogP contribution in [0.4, 0.5) is 11.6 Å². The van der Waals surface area contributed by atoms with Gasteiger partial charge in [0.2, 0.25) is 0 Å². The molecule has 0 aromatic carbocycles. The molecule has 4 nitrogen and oxygen atoms in total. The summed E-state index contributed by atoms with van der Waals surface area (Å²) in [5, 5.41) is 3.41. The van der Waals surface area contributed by atoms with Crippen molar-refractivity contribution in [1.82, 2.24) is 9.97 Å². The Morgan fingerprint density at radius 1 is 1.39 bits per heavy atom. The van der Waals surface area contributed by atoms with Crippen molar-refractivity contribution < 1.29 is 0 Å². The van der Waals surface area contributed by atoms with Gasteiger partial charge in [0.05, 0.1) is 0 Å². The third kappa shape index (κ3) is 3.34. The molecule has 0 aliphatic heterocycles. The SMILES string of the molecule is CC1CCC(CNc2cc(N)nc(C(C)C)n2)C1. The second-order valence-corrected chi connectivity index (χ2v) is 5.86. The number of hydrogen-bond donors (Lipinski definition) is 2. The van der Waals surface area contributed by atoms with E-state index in [0.29, 0.717) is 11.7 Å². The molecule has 1 saturated carbocycles. The van der Waals surface area contributed by atoms with Crippen LogP contribution in [-0.2, 0) is 0 Å². The van der Waals surface area contributed by atoms with Crippen molar-refractivity contribution in [2.75, 3.05) is 17.6 Å². The van der Waals surface area contributed by atoms with Gasteiger partial charge in [0, 0.05) is 18.5 Å². The largest absolute Gasteiger partial charge is 0.384 e. The fourth-order valence-corrected chi connectivity index (χ4v) is 2.59. The first-order valence-corrected chi connectivity index (χ1v) is 6.93. The van der Waals surface area contributed by atoms with Crippen molar-refractivity contribution in [1.29, 1.82) is 0 Å². The van der Waals surface area contributed by atoms with Gasteiger partial charge in [-0.3, -0.25) is 0 Å². The maximum Gasteiger partial charge on any atom is 0.135 e. The Balaban J connectivity index is 1.96. The molecule has 1 aromatic rings. The number of anilines is 2. The molecule has 0 radical (unpaired) electrons. The van der Waals surface area contributed by atoms with E-state index in [9.17, 15) is 0 Å². The minimum Gasteiger partial charge on any atom is -0.384 e. The minimum atomic E-state index is 0.306. The van der Waals surface area contributed by atoms with E-state index in [1.807, 2.05) is 6.07 Å². The van der Waals surface area contributed by atoms with Gasteiger partial charge < -0.3 is 11.1 Å². The summed E-state index contributed by atoms with van der Waals surface area (Å²) in [6, 6.07) is 1.82. The Labute approximate surface area is 109 Å². The summed E-state index contributed by atoms with van der Waals surface area (Å²) < 4.78 is 0. The predicted octanol–water partition coefficient (Wildman–Crippen LogP) is 3.03. The molecule has 0 amide bonds. The fraction of sp³-hybridized carbons (Fsp3) is 0.714. The van der Waals surface area contributed by atoms with Crippen molar-refractivity contribution in [3.05, 3.63) is 11.9 Å². The van der Waals surface area contributed by atoms with Crippen molar-refractivity contribution in [3.8, 4) is 0 Å². The summed E-state index contributed by atoms with van der Waals surface area (Å²) in [4.78, 5) is 8.76. The lowest BCUT2D eigenvalue weighted by molar-refractivity contribution is 0.536. The number of nitrogens with one attached hydrogen (secondary N) is 1. The van der Waals surface area contributed by atoms with Gasteiger partial charge in [-0.25, -0.2) is 9.97 Å². The first kappa shape index (κ1) is 13.1. The second-order valence-electron chi connectivity index (χ2n) is 5.86. The third-order valence-corrected chi connectivity index (χ3v) is 3.65. The van der Waals surface area contributed by atoms with Crippen molar-refractivity contribution in [2.45, 2.75) is 46.0 Å². The summed E-state index contributed by atoms with van der Waals surface area (Å²) >= 11 is 0. The zero-order chi connectivity index (χ0) is 13.1. The monoisotopic (exact) mass is 248 g/mol. The van der Waals surface area contributed by atoms with E-state index in [0.717, 1.165) is 30.0 Å². The molecule has 1 aromatic heterocycles. The van der Waals surface area contributed by atoms with Crippen molar-refractivity contribution in [2.24, 2.45) is 11.8 Å². The van der Waals surface area contributed by atoms with E-state index in [4.69, 9.17) is 5.73 Å². The standard InChI is InChI=1S/C14H24N4/c1-9(2)14-17-12(15)7-13(18-14)16-8-11-5-4-10(3)6-11/h7,9-11H,4-6,8H2,1-3H3,(H3,15,16,17,18). The number of rotatable bonds is 4. The molecule has 100 valence electrons. The summed E-state index contributed by atoms with van der Waals surface area (Å²) in [5.74, 6) is 4.19. The van der Waals surface area contributed by atoms with Crippen LogP contribution in [0.5, 0.6) is 0 Å². The summed E-state index contributed by atoms with van der Waals surface area (Å²) in [5.41, 5.74) is 5.81. The molecule has 2 unspecified atom stereocenters. The minimum absolute atomic E-state index is 0.306. The van der Waals surface area contributed by atoms with Gasteiger partial charge in [0.1, 0.15) is 17.5 Å². The van der Waals surface area contributed by atoms with Crippen LogP contribution in [-0.4, -0.2) is 16.5 Å². The van der Waals surface area contributed by atoms with E-state index in [1.54, 1.807) is 0 Å². The summed E-state index contributed by atoms with van der Waals surface area (Å²) in [7, 11) is 0. The van der Waals surface area contributed by atoms with E-state index < -0.39 is 0 Å². The molecule has 3 N–H and O–H groups in total. The fourth-order valence-electron chi connectivity index (χ4n) is 2.59. The van der Waals surface area contributed by atoms with Gasteiger partial charge in [0.15, 0.2) is 0 Å². The van der Waals surface area contributed by atoms with Crippen LogP contribution in [0.15, 0.2) is 6.07 Å². The topological polar surface area (TPSA) is 63.8 Å². The lowest BCUT2D eigenvalue weighted by Crippen LogP contribution is -2.14. The molecule has 2 rings (SSSR count). The first-order valence-electron chi connectivity index (χ1n) is 6.93. The zero-order valence-electron chi connectivity index (χ0n) is 11.6. The Bertz CT molecular complexity index is 403. The van der Waals surface area contributed by atoms with Crippen LogP contribution in [0.1, 0.15) is 51.8 Å². The highest BCUT2D eigenvalue weighted by atomic mass is 15.1. The third-order valence-electron chi connectivity index (χ3n) is 3.65. The smallest absolute Gasteiger partial charge is 0.135 e. The van der Waals surface area contributed by atoms with Gasteiger partial charge in [0.25, 0.3) is 0 Å². The normalized spacial score (nSPS) is 23.6.